The zero-order valence-electron chi connectivity index (χ0n) is 15.4. The Balaban J connectivity index is 1.59. The number of rotatable bonds is 3. The second kappa shape index (κ2) is 7.94. The molecule has 3 rings (SSSR count). The van der Waals surface area contributed by atoms with Crippen LogP contribution in [0.25, 0.3) is 0 Å². The third-order valence-electron chi connectivity index (χ3n) is 4.66. The maximum absolute atomic E-state index is 13.4. The molecule has 0 bridgehead atoms. The molecule has 146 valence electrons. The van der Waals surface area contributed by atoms with Crippen LogP contribution >= 0.6 is 0 Å². The third-order valence-corrected chi connectivity index (χ3v) is 4.66. The zero-order chi connectivity index (χ0) is 19.6. The van der Waals surface area contributed by atoms with Crippen molar-refractivity contribution < 1.29 is 28.2 Å². The van der Waals surface area contributed by atoms with E-state index >= 15 is 0 Å². The Morgan fingerprint density at radius 2 is 1.96 bits per heavy atom. The predicted octanol–water partition coefficient (Wildman–Crippen LogP) is 2.80. The molecule has 2 amide bonds. The SMILES string of the molecule is CC(C)OC(=O)N1CCC(OC(=O)[C@@H]2CC(=O)Nc3cc(F)ccc32)CC1. The van der Waals surface area contributed by atoms with E-state index in [1.54, 1.807) is 18.7 Å². The summed E-state index contributed by atoms with van der Waals surface area (Å²) in [7, 11) is 0. The number of amides is 2. The van der Waals surface area contributed by atoms with Gasteiger partial charge in [-0.25, -0.2) is 9.18 Å². The van der Waals surface area contributed by atoms with Crippen molar-refractivity contribution in [1.82, 2.24) is 4.90 Å². The molecule has 0 saturated carbocycles. The van der Waals surface area contributed by atoms with Crippen molar-refractivity contribution in [2.75, 3.05) is 18.4 Å². The fourth-order valence-corrected chi connectivity index (χ4v) is 3.33. The first kappa shape index (κ1) is 19.1. The fourth-order valence-electron chi connectivity index (χ4n) is 3.33. The fraction of sp³-hybridized carbons (Fsp3) is 0.526. The molecule has 2 heterocycles. The number of halogens is 1. The average molecular weight is 378 g/mol. The lowest BCUT2D eigenvalue weighted by Gasteiger charge is -2.32. The normalized spacial score (nSPS) is 20.1. The summed E-state index contributed by atoms with van der Waals surface area (Å²) >= 11 is 0. The van der Waals surface area contributed by atoms with Gasteiger partial charge in [0.05, 0.1) is 12.0 Å². The Morgan fingerprint density at radius 3 is 2.63 bits per heavy atom. The molecule has 0 aliphatic carbocycles. The summed E-state index contributed by atoms with van der Waals surface area (Å²) < 4.78 is 24.1. The number of hydrogen-bond donors (Lipinski definition) is 1. The molecule has 1 atom stereocenters. The number of carbonyl (C=O) groups is 3. The minimum absolute atomic E-state index is 0.0307. The molecule has 8 heteroatoms. The van der Waals surface area contributed by atoms with Gasteiger partial charge in [0.2, 0.25) is 5.91 Å². The lowest BCUT2D eigenvalue weighted by atomic mass is 9.90. The number of carbonyl (C=O) groups excluding carboxylic acids is 3. The highest BCUT2D eigenvalue weighted by atomic mass is 19.1. The molecule has 2 aliphatic rings. The smallest absolute Gasteiger partial charge is 0.410 e. The summed E-state index contributed by atoms with van der Waals surface area (Å²) in [6.45, 7) is 4.46. The van der Waals surface area contributed by atoms with Gasteiger partial charge in [-0.3, -0.25) is 9.59 Å². The van der Waals surface area contributed by atoms with Crippen molar-refractivity contribution in [3.63, 3.8) is 0 Å². The van der Waals surface area contributed by atoms with Crippen molar-refractivity contribution in [2.45, 2.75) is 51.2 Å². The Labute approximate surface area is 156 Å². The summed E-state index contributed by atoms with van der Waals surface area (Å²) in [5, 5.41) is 2.58. The van der Waals surface area contributed by atoms with Crippen LogP contribution in [0.5, 0.6) is 0 Å². The maximum atomic E-state index is 13.4. The zero-order valence-corrected chi connectivity index (χ0v) is 15.4. The van der Waals surface area contributed by atoms with Gasteiger partial charge in [0.1, 0.15) is 11.9 Å². The number of anilines is 1. The number of nitrogens with one attached hydrogen (secondary N) is 1. The van der Waals surface area contributed by atoms with Gasteiger partial charge in [0.25, 0.3) is 0 Å². The van der Waals surface area contributed by atoms with Gasteiger partial charge in [0, 0.05) is 38.0 Å². The second-order valence-electron chi connectivity index (χ2n) is 7.09. The highest BCUT2D eigenvalue weighted by Gasteiger charge is 2.34. The standard InChI is InChI=1S/C19H23FN2O5/c1-11(2)26-19(25)22-7-5-13(6-8-22)27-18(24)15-10-17(23)21-16-9-12(20)3-4-14(15)16/h3-4,9,11,13,15H,5-8,10H2,1-2H3,(H,21,23)/t15-/m1/s1. The van der Waals surface area contributed by atoms with Crippen LogP contribution in [0.3, 0.4) is 0 Å². The molecule has 0 aromatic heterocycles. The van der Waals surface area contributed by atoms with Gasteiger partial charge in [-0.2, -0.15) is 0 Å². The Morgan fingerprint density at radius 1 is 1.26 bits per heavy atom. The van der Waals surface area contributed by atoms with Crippen LogP contribution in [0, 0.1) is 5.82 Å². The van der Waals surface area contributed by atoms with E-state index in [0.29, 0.717) is 37.2 Å². The third kappa shape index (κ3) is 4.56. The molecule has 0 radical (unpaired) electrons. The molecule has 27 heavy (non-hydrogen) atoms. The van der Waals surface area contributed by atoms with Crippen LogP contribution in [0.1, 0.15) is 44.6 Å². The number of fused-ring (bicyclic) bond motifs is 1. The lowest BCUT2D eigenvalue weighted by Crippen LogP contribution is -2.43. The van der Waals surface area contributed by atoms with Crippen LogP contribution in [0.2, 0.25) is 0 Å². The molecular weight excluding hydrogens is 355 g/mol. The number of piperidine rings is 1. The Bertz CT molecular complexity index is 744. The summed E-state index contributed by atoms with van der Waals surface area (Å²) in [4.78, 5) is 38.0. The van der Waals surface area contributed by atoms with Crippen molar-refractivity contribution in [3.05, 3.63) is 29.6 Å². The van der Waals surface area contributed by atoms with Crippen molar-refractivity contribution in [1.29, 1.82) is 0 Å². The summed E-state index contributed by atoms with van der Waals surface area (Å²) in [5.41, 5.74) is 0.860. The van der Waals surface area contributed by atoms with Crippen molar-refractivity contribution in [2.24, 2.45) is 0 Å². The molecule has 7 nitrogen and oxygen atoms in total. The van der Waals surface area contributed by atoms with E-state index in [-0.39, 0.29) is 30.6 Å². The van der Waals surface area contributed by atoms with E-state index in [1.807, 2.05) is 0 Å². The second-order valence-corrected chi connectivity index (χ2v) is 7.09. The van der Waals surface area contributed by atoms with Gasteiger partial charge < -0.3 is 19.7 Å². The number of benzene rings is 1. The summed E-state index contributed by atoms with van der Waals surface area (Å²) in [6, 6.07) is 3.96. The molecule has 0 unspecified atom stereocenters. The highest BCUT2D eigenvalue weighted by molar-refractivity contribution is 6.00. The molecule has 2 aliphatic heterocycles. The van der Waals surface area contributed by atoms with E-state index in [4.69, 9.17) is 9.47 Å². The van der Waals surface area contributed by atoms with Gasteiger partial charge >= 0.3 is 12.1 Å². The van der Waals surface area contributed by atoms with E-state index in [1.165, 1.54) is 18.2 Å². The van der Waals surface area contributed by atoms with Crippen LogP contribution in [0.15, 0.2) is 18.2 Å². The predicted molar refractivity (Wildman–Crippen MR) is 94.7 cm³/mol. The van der Waals surface area contributed by atoms with Crippen LogP contribution in [-0.4, -0.2) is 48.2 Å². The largest absolute Gasteiger partial charge is 0.462 e. The van der Waals surface area contributed by atoms with Gasteiger partial charge in [-0.05, 0) is 31.5 Å². The van der Waals surface area contributed by atoms with E-state index in [0.717, 1.165) is 0 Å². The summed E-state index contributed by atoms with van der Waals surface area (Å²) in [6.07, 6.45) is 0.110. The van der Waals surface area contributed by atoms with E-state index < -0.39 is 17.7 Å². The van der Waals surface area contributed by atoms with Gasteiger partial charge in [-0.1, -0.05) is 6.07 Å². The molecule has 1 aromatic rings. The first-order valence-electron chi connectivity index (χ1n) is 9.09. The molecule has 0 spiro atoms. The maximum Gasteiger partial charge on any atom is 0.410 e. The number of hydrogen-bond acceptors (Lipinski definition) is 5. The number of esters is 1. The Hall–Kier alpha value is -2.64. The van der Waals surface area contributed by atoms with Gasteiger partial charge in [-0.15, -0.1) is 0 Å². The van der Waals surface area contributed by atoms with Crippen LogP contribution < -0.4 is 5.32 Å². The average Bonchev–Trinajstić information content (AvgIpc) is 2.60. The monoisotopic (exact) mass is 378 g/mol. The van der Waals surface area contributed by atoms with Crippen LogP contribution in [-0.2, 0) is 19.1 Å². The topological polar surface area (TPSA) is 84.9 Å². The van der Waals surface area contributed by atoms with Crippen molar-refractivity contribution >= 4 is 23.7 Å². The summed E-state index contributed by atoms with van der Waals surface area (Å²) in [5.74, 6) is -2.08. The molecular formula is C19H23FN2O5. The highest BCUT2D eigenvalue weighted by Crippen LogP contribution is 2.34. The Kier molecular flexibility index (Phi) is 5.62. The minimum Gasteiger partial charge on any atom is -0.462 e. The number of likely N-dealkylation sites (tertiary alicyclic amines) is 1. The van der Waals surface area contributed by atoms with Crippen molar-refractivity contribution in [3.8, 4) is 0 Å². The molecule has 1 fully saturated rings. The molecule has 1 N–H and O–H groups in total. The first-order valence-corrected chi connectivity index (χ1v) is 9.09. The minimum atomic E-state index is -0.752. The lowest BCUT2D eigenvalue weighted by molar-refractivity contribution is -0.154. The first-order chi connectivity index (χ1) is 12.8. The van der Waals surface area contributed by atoms with Gasteiger partial charge in [0.15, 0.2) is 0 Å². The molecule has 1 saturated heterocycles. The van der Waals surface area contributed by atoms with Crippen LogP contribution in [0.4, 0.5) is 14.9 Å². The quantitative estimate of drug-likeness (QED) is 0.818. The van der Waals surface area contributed by atoms with E-state index in [9.17, 15) is 18.8 Å². The number of nitrogens with zero attached hydrogens (tertiary/aromatic N) is 1. The molecule has 1 aromatic carbocycles. The number of ether oxygens (including phenoxy) is 2. The van der Waals surface area contributed by atoms with E-state index in [2.05, 4.69) is 5.32 Å².